The highest BCUT2D eigenvalue weighted by Gasteiger charge is 2.34. The lowest BCUT2D eigenvalue weighted by Crippen LogP contribution is -2.48. The Hall–Kier alpha value is -1.15. The number of hydrogen-bond acceptors (Lipinski definition) is 2. The van der Waals surface area contributed by atoms with Crippen molar-refractivity contribution in [2.75, 3.05) is 13.1 Å². The molecule has 2 aliphatic rings. The van der Waals surface area contributed by atoms with Crippen LogP contribution in [0.15, 0.2) is 30.3 Å². The Morgan fingerprint density at radius 1 is 1.00 bits per heavy atom. The van der Waals surface area contributed by atoms with Gasteiger partial charge < -0.3 is 0 Å². The van der Waals surface area contributed by atoms with E-state index < -0.39 is 0 Å². The van der Waals surface area contributed by atoms with Crippen LogP contribution in [-0.4, -0.2) is 29.8 Å². The molecule has 0 amide bonds. The summed E-state index contributed by atoms with van der Waals surface area (Å²) in [6, 6.07) is 11.3. The third-order valence-electron chi connectivity index (χ3n) is 5.26. The number of carbonyl (C=O) groups excluding carboxylic acids is 1. The molecule has 2 unspecified atom stereocenters. The summed E-state index contributed by atoms with van der Waals surface area (Å²) in [5, 5.41) is 0. The summed E-state index contributed by atoms with van der Waals surface area (Å²) < 4.78 is 0. The summed E-state index contributed by atoms with van der Waals surface area (Å²) in [5.74, 6) is 0.868. The average molecular weight is 285 g/mol. The summed E-state index contributed by atoms with van der Waals surface area (Å²) in [5.41, 5.74) is 1.41. The van der Waals surface area contributed by atoms with Crippen molar-refractivity contribution in [1.82, 2.24) is 4.90 Å². The Morgan fingerprint density at radius 2 is 1.81 bits per heavy atom. The van der Waals surface area contributed by atoms with Gasteiger partial charge in [0.05, 0.1) is 0 Å². The summed E-state index contributed by atoms with van der Waals surface area (Å²) in [6.45, 7) is 2.29. The molecule has 0 spiro atoms. The van der Waals surface area contributed by atoms with E-state index in [0.29, 0.717) is 17.7 Å². The number of rotatable bonds is 4. The molecule has 0 N–H and O–H groups in total. The molecule has 2 nitrogen and oxygen atoms in total. The van der Waals surface area contributed by atoms with Crippen LogP contribution in [0.25, 0.3) is 0 Å². The van der Waals surface area contributed by atoms with Crippen molar-refractivity contribution in [2.45, 2.75) is 57.4 Å². The number of benzene rings is 1. The second-order valence-electron chi connectivity index (χ2n) is 6.65. The number of carbonyl (C=O) groups is 1. The van der Waals surface area contributed by atoms with Gasteiger partial charge in [0.1, 0.15) is 5.78 Å². The first kappa shape index (κ1) is 14.8. The molecule has 0 bridgehead atoms. The minimum absolute atomic E-state index is 0.329. The van der Waals surface area contributed by atoms with E-state index in [2.05, 4.69) is 35.2 Å². The van der Waals surface area contributed by atoms with Gasteiger partial charge in [0.25, 0.3) is 0 Å². The lowest BCUT2D eigenvalue weighted by molar-refractivity contribution is -0.127. The van der Waals surface area contributed by atoms with Crippen LogP contribution in [0.1, 0.15) is 50.5 Å². The second kappa shape index (κ2) is 7.22. The number of hydrogen-bond donors (Lipinski definition) is 0. The van der Waals surface area contributed by atoms with Gasteiger partial charge in [0.2, 0.25) is 0 Å². The van der Waals surface area contributed by atoms with Crippen molar-refractivity contribution < 1.29 is 4.79 Å². The summed E-state index contributed by atoms with van der Waals surface area (Å²) >= 11 is 0. The Kier molecular flexibility index (Phi) is 5.08. The molecule has 1 aromatic carbocycles. The van der Waals surface area contributed by atoms with Crippen molar-refractivity contribution >= 4 is 5.78 Å². The van der Waals surface area contributed by atoms with E-state index in [-0.39, 0.29) is 0 Å². The Labute approximate surface area is 128 Å². The highest BCUT2D eigenvalue weighted by atomic mass is 16.1. The minimum Gasteiger partial charge on any atom is -0.299 e. The highest BCUT2D eigenvalue weighted by molar-refractivity contribution is 5.82. The fraction of sp³-hybridized carbons (Fsp3) is 0.632. The molecule has 1 saturated heterocycles. The van der Waals surface area contributed by atoms with Crippen LogP contribution >= 0.6 is 0 Å². The first-order valence-electron chi connectivity index (χ1n) is 8.65. The molecule has 3 rings (SSSR count). The molecule has 2 fully saturated rings. The molecule has 1 saturated carbocycles. The summed E-state index contributed by atoms with van der Waals surface area (Å²) in [4.78, 5) is 14.9. The van der Waals surface area contributed by atoms with Crippen molar-refractivity contribution in [3.05, 3.63) is 35.9 Å². The minimum atomic E-state index is 0.329. The molecule has 1 aromatic rings. The second-order valence-corrected chi connectivity index (χ2v) is 6.65. The largest absolute Gasteiger partial charge is 0.299 e. The standard InChI is InChI=1S/C19H27NO/c21-19-12-5-4-10-17(19)18-11-6-7-14-20(18)15-13-16-8-2-1-3-9-16/h1-3,8-9,17-18H,4-7,10-15H2. The van der Waals surface area contributed by atoms with Crippen molar-refractivity contribution in [3.8, 4) is 0 Å². The first-order chi connectivity index (χ1) is 10.3. The molecule has 21 heavy (non-hydrogen) atoms. The lowest BCUT2D eigenvalue weighted by Gasteiger charge is -2.41. The zero-order chi connectivity index (χ0) is 14.5. The van der Waals surface area contributed by atoms with Crippen LogP contribution in [-0.2, 0) is 11.2 Å². The predicted octanol–water partition coefficient (Wildman–Crippen LogP) is 3.84. The van der Waals surface area contributed by atoms with Crippen LogP contribution in [0.2, 0.25) is 0 Å². The molecule has 1 aliphatic carbocycles. The number of nitrogens with zero attached hydrogens (tertiary/aromatic N) is 1. The van der Waals surface area contributed by atoms with E-state index in [1.807, 2.05) is 0 Å². The van der Waals surface area contributed by atoms with Gasteiger partial charge >= 0.3 is 0 Å². The van der Waals surface area contributed by atoms with Gasteiger partial charge in [-0.2, -0.15) is 0 Å². The van der Waals surface area contributed by atoms with Crippen molar-refractivity contribution in [1.29, 1.82) is 0 Å². The number of piperidine rings is 1. The van der Waals surface area contributed by atoms with Crippen molar-refractivity contribution in [2.24, 2.45) is 5.92 Å². The van der Waals surface area contributed by atoms with E-state index in [9.17, 15) is 4.79 Å². The van der Waals surface area contributed by atoms with Crippen molar-refractivity contribution in [3.63, 3.8) is 0 Å². The van der Waals surface area contributed by atoms with E-state index in [1.54, 1.807) is 0 Å². The van der Waals surface area contributed by atoms with Gasteiger partial charge in [0, 0.05) is 24.9 Å². The number of Topliss-reactive ketones (excluding diaryl/α,β-unsaturated/α-hetero) is 1. The normalized spacial score (nSPS) is 27.7. The highest BCUT2D eigenvalue weighted by Crippen LogP contribution is 2.31. The monoisotopic (exact) mass is 285 g/mol. The fourth-order valence-electron chi connectivity index (χ4n) is 4.08. The summed E-state index contributed by atoms with van der Waals surface area (Å²) in [7, 11) is 0. The smallest absolute Gasteiger partial charge is 0.137 e. The lowest BCUT2D eigenvalue weighted by atomic mass is 9.79. The fourth-order valence-corrected chi connectivity index (χ4v) is 4.08. The van der Waals surface area contributed by atoms with Crippen LogP contribution in [0.4, 0.5) is 0 Å². The molecule has 1 aliphatic heterocycles. The van der Waals surface area contributed by atoms with E-state index in [1.165, 1.54) is 37.8 Å². The van der Waals surface area contributed by atoms with E-state index in [0.717, 1.165) is 32.2 Å². The maximum Gasteiger partial charge on any atom is 0.137 e. The number of ketones is 1. The molecule has 1 heterocycles. The Morgan fingerprint density at radius 3 is 2.62 bits per heavy atom. The summed E-state index contributed by atoms with van der Waals surface area (Å²) in [6.07, 6.45) is 9.26. The third kappa shape index (κ3) is 3.74. The van der Waals surface area contributed by atoms with Gasteiger partial charge in [-0.05, 0) is 44.2 Å². The zero-order valence-electron chi connectivity index (χ0n) is 13.0. The van der Waals surface area contributed by atoms with Crippen LogP contribution in [0.3, 0.4) is 0 Å². The molecule has 0 radical (unpaired) electrons. The number of likely N-dealkylation sites (tertiary alicyclic amines) is 1. The molecular weight excluding hydrogens is 258 g/mol. The average Bonchev–Trinajstić information content (AvgIpc) is 2.55. The molecule has 2 heteroatoms. The Bertz CT molecular complexity index is 456. The van der Waals surface area contributed by atoms with Gasteiger partial charge in [-0.15, -0.1) is 0 Å². The van der Waals surface area contributed by atoms with Gasteiger partial charge in [-0.25, -0.2) is 0 Å². The van der Waals surface area contributed by atoms with Gasteiger partial charge in [-0.3, -0.25) is 9.69 Å². The van der Waals surface area contributed by atoms with Crippen LogP contribution in [0, 0.1) is 5.92 Å². The topological polar surface area (TPSA) is 20.3 Å². The quantitative estimate of drug-likeness (QED) is 0.837. The molecule has 0 aromatic heterocycles. The van der Waals surface area contributed by atoms with Gasteiger partial charge in [0.15, 0.2) is 0 Å². The predicted molar refractivity (Wildman–Crippen MR) is 86.3 cm³/mol. The van der Waals surface area contributed by atoms with Crippen LogP contribution < -0.4 is 0 Å². The van der Waals surface area contributed by atoms with Crippen LogP contribution in [0.5, 0.6) is 0 Å². The van der Waals surface area contributed by atoms with E-state index >= 15 is 0 Å². The van der Waals surface area contributed by atoms with Gasteiger partial charge in [-0.1, -0.05) is 43.2 Å². The molecular formula is C19H27NO. The SMILES string of the molecule is O=C1CCCCC1C1CCCCN1CCc1ccccc1. The van der Waals surface area contributed by atoms with E-state index in [4.69, 9.17) is 0 Å². The third-order valence-corrected chi connectivity index (χ3v) is 5.26. The zero-order valence-corrected chi connectivity index (χ0v) is 13.0. The maximum absolute atomic E-state index is 12.3. The first-order valence-corrected chi connectivity index (χ1v) is 8.65. The Balaban J connectivity index is 1.62. The molecule has 2 atom stereocenters. The molecule has 114 valence electrons. The maximum atomic E-state index is 12.3.